The van der Waals surface area contributed by atoms with Gasteiger partial charge in [-0.05, 0) is 37.5 Å². The molecule has 1 amide bonds. The number of likely N-dealkylation sites (tertiary alicyclic amines) is 1. The second kappa shape index (κ2) is 9.91. The summed E-state index contributed by atoms with van der Waals surface area (Å²) in [7, 11) is 0. The molecule has 0 saturated carbocycles. The second-order valence-electron chi connectivity index (χ2n) is 11.3. The topological polar surface area (TPSA) is 88.5 Å². The molecular formula is C29H28ClF3N6O3. The van der Waals surface area contributed by atoms with Crippen LogP contribution in [0.5, 0.6) is 11.5 Å². The van der Waals surface area contributed by atoms with Crippen LogP contribution in [0, 0.1) is 6.92 Å². The third-order valence-corrected chi connectivity index (χ3v) is 9.10. The number of halogens is 4. The highest BCUT2D eigenvalue weighted by atomic mass is 35.5. The molecule has 2 aromatic heterocycles. The standard InChI is InChI=1S/C29H28ClF3N6O3/c1-17-2-3-21-20(12-35-36-21)23(17)24-22(41-9-5-29(31,32)33)10-18-13-38-15-28(11-19(38)14-42-26(18)25(24)30)4-7-39(28)27(40)37-8-6-34-16-37/h2-3,6,8,10,12,16,19H,4-5,7,9,11,13-15H2,1H3,(H,35,36). The number of carbonyl (C=O) groups excluding carboxylic acids is 1. The number of fused-ring (bicyclic) bond motifs is 3. The van der Waals surface area contributed by atoms with E-state index >= 15 is 0 Å². The van der Waals surface area contributed by atoms with Crippen LogP contribution in [0.1, 0.15) is 30.4 Å². The van der Waals surface area contributed by atoms with Crippen LogP contribution in [-0.2, 0) is 6.54 Å². The molecule has 7 rings (SSSR count). The molecule has 5 heterocycles. The maximum atomic E-state index is 13.1. The summed E-state index contributed by atoms with van der Waals surface area (Å²) in [6.45, 7) is 3.50. The Hall–Kier alpha value is -3.77. The molecule has 13 heteroatoms. The zero-order chi connectivity index (χ0) is 29.2. The maximum absolute atomic E-state index is 13.1. The van der Waals surface area contributed by atoms with Crippen LogP contribution in [-0.4, -0.2) is 79.6 Å². The van der Waals surface area contributed by atoms with Crippen molar-refractivity contribution in [1.82, 2.24) is 29.5 Å². The quantitative estimate of drug-likeness (QED) is 0.319. The Morgan fingerprint density at radius 1 is 1.31 bits per heavy atom. The predicted molar refractivity (Wildman–Crippen MR) is 149 cm³/mol. The molecule has 2 aromatic carbocycles. The Kier molecular flexibility index (Phi) is 6.39. The van der Waals surface area contributed by atoms with E-state index in [2.05, 4.69) is 20.1 Å². The van der Waals surface area contributed by atoms with Crippen molar-refractivity contribution in [3.63, 3.8) is 0 Å². The molecule has 4 aromatic rings. The molecule has 2 unspecified atom stereocenters. The lowest BCUT2D eigenvalue weighted by Crippen LogP contribution is -2.64. The van der Waals surface area contributed by atoms with E-state index in [0.29, 0.717) is 42.6 Å². The van der Waals surface area contributed by atoms with Crippen molar-refractivity contribution in [2.24, 2.45) is 0 Å². The normalized spacial score (nSPS) is 22.0. The van der Waals surface area contributed by atoms with Gasteiger partial charge in [0, 0.05) is 60.1 Å². The minimum absolute atomic E-state index is 0.0314. The summed E-state index contributed by atoms with van der Waals surface area (Å²) in [5.41, 5.74) is 3.27. The van der Waals surface area contributed by atoms with E-state index in [1.807, 2.05) is 24.0 Å². The Labute approximate surface area is 244 Å². The van der Waals surface area contributed by atoms with Crippen LogP contribution < -0.4 is 9.47 Å². The van der Waals surface area contributed by atoms with Crippen molar-refractivity contribution in [1.29, 1.82) is 0 Å². The molecule has 2 atom stereocenters. The van der Waals surface area contributed by atoms with Gasteiger partial charge in [-0.25, -0.2) is 9.78 Å². The second-order valence-corrected chi connectivity index (χ2v) is 11.7. The van der Waals surface area contributed by atoms with Gasteiger partial charge in [0.15, 0.2) is 0 Å². The molecule has 1 N–H and O–H groups in total. The van der Waals surface area contributed by atoms with Gasteiger partial charge >= 0.3 is 12.2 Å². The number of aromatic nitrogens is 4. The summed E-state index contributed by atoms with van der Waals surface area (Å²) in [5, 5.41) is 8.17. The average molecular weight is 601 g/mol. The molecule has 2 saturated heterocycles. The lowest BCUT2D eigenvalue weighted by molar-refractivity contribution is -0.139. The first-order valence-electron chi connectivity index (χ1n) is 13.8. The number of carbonyl (C=O) groups is 1. The third kappa shape index (κ3) is 4.48. The summed E-state index contributed by atoms with van der Waals surface area (Å²) < 4.78 is 52.9. The van der Waals surface area contributed by atoms with Gasteiger partial charge < -0.3 is 14.4 Å². The molecule has 1 spiro atoms. The zero-order valence-corrected chi connectivity index (χ0v) is 23.5. The molecule has 2 fully saturated rings. The average Bonchev–Trinajstić information content (AvgIpc) is 3.68. The van der Waals surface area contributed by atoms with E-state index in [9.17, 15) is 18.0 Å². The monoisotopic (exact) mass is 600 g/mol. The minimum Gasteiger partial charge on any atom is -0.493 e. The van der Waals surface area contributed by atoms with Gasteiger partial charge in [0.1, 0.15) is 24.4 Å². The fourth-order valence-electron chi connectivity index (χ4n) is 6.63. The van der Waals surface area contributed by atoms with Crippen molar-refractivity contribution >= 4 is 28.5 Å². The first-order valence-corrected chi connectivity index (χ1v) is 14.2. The summed E-state index contributed by atoms with van der Waals surface area (Å²) in [6, 6.07) is 5.49. The highest BCUT2D eigenvalue weighted by molar-refractivity contribution is 6.36. The van der Waals surface area contributed by atoms with Crippen LogP contribution in [0.3, 0.4) is 0 Å². The van der Waals surface area contributed by atoms with E-state index in [-0.39, 0.29) is 23.4 Å². The predicted octanol–water partition coefficient (Wildman–Crippen LogP) is 5.80. The van der Waals surface area contributed by atoms with Crippen LogP contribution in [0.25, 0.3) is 22.0 Å². The van der Waals surface area contributed by atoms with Crippen molar-refractivity contribution in [3.05, 3.63) is 59.3 Å². The number of aromatic amines is 1. The van der Waals surface area contributed by atoms with Crippen molar-refractivity contribution in [2.75, 3.05) is 26.3 Å². The van der Waals surface area contributed by atoms with Gasteiger partial charge in [0.05, 0.1) is 35.3 Å². The number of benzene rings is 2. The highest BCUT2D eigenvalue weighted by Crippen LogP contribution is 2.51. The van der Waals surface area contributed by atoms with Crippen LogP contribution in [0.2, 0.25) is 5.02 Å². The summed E-state index contributed by atoms with van der Waals surface area (Å²) >= 11 is 7.08. The fraction of sp³-hybridized carbons (Fsp3) is 0.414. The molecule has 220 valence electrons. The lowest BCUT2D eigenvalue weighted by Gasteiger charge is -2.50. The largest absolute Gasteiger partial charge is 0.493 e. The van der Waals surface area contributed by atoms with Crippen LogP contribution in [0.4, 0.5) is 18.0 Å². The van der Waals surface area contributed by atoms with Crippen molar-refractivity contribution < 1.29 is 27.4 Å². The SMILES string of the molecule is Cc1ccc2[nH]ncc2c1-c1c(OCCC(F)(F)F)cc2c(c1Cl)OCC1CC3(CCN3C(=O)n3ccnc3)CN1C2. The summed E-state index contributed by atoms with van der Waals surface area (Å²) in [6.07, 6.45) is 2.58. The molecule has 3 aliphatic rings. The summed E-state index contributed by atoms with van der Waals surface area (Å²) in [4.78, 5) is 21.3. The summed E-state index contributed by atoms with van der Waals surface area (Å²) in [5.74, 6) is 0.759. The fourth-order valence-corrected chi connectivity index (χ4v) is 6.99. The Morgan fingerprint density at radius 2 is 2.17 bits per heavy atom. The molecule has 42 heavy (non-hydrogen) atoms. The van der Waals surface area contributed by atoms with E-state index in [0.717, 1.165) is 40.4 Å². The number of hydrogen-bond donors (Lipinski definition) is 1. The van der Waals surface area contributed by atoms with Gasteiger partial charge in [-0.1, -0.05) is 17.7 Å². The number of imidazole rings is 1. The highest BCUT2D eigenvalue weighted by Gasteiger charge is 2.55. The number of nitrogens with one attached hydrogen (secondary N) is 1. The molecule has 0 radical (unpaired) electrons. The van der Waals surface area contributed by atoms with Crippen LogP contribution >= 0.6 is 11.6 Å². The number of ether oxygens (including phenoxy) is 2. The Morgan fingerprint density at radius 3 is 2.90 bits per heavy atom. The first kappa shape index (κ1) is 27.1. The van der Waals surface area contributed by atoms with Gasteiger partial charge in [-0.3, -0.25) is 14.6 Å². The van der Waals surface area contributed by atoms with Gasteiger partial charge in [-0.15, -0.1) is 0 Å². The smallest absolute Gasteiger partial charge is 0.392 e. The zero-order valence-electron chi connectivity index (χ0n) is 22.7. The molecular weight excluding hydrogens is 573 g/mol. The number of rotatable bonds is 4. The maximum Gasteiger partial charge on any atom is 0.392 e. The van der Waals surface area contributed by atoms with Gasteiger partial charge in [-0.2, -0.15) is 18.3 Å². The third-order valence-electron chi connectivity index (χ3n) is 8.74. The van der Waals surface area contributed by atoms with Crippen LogP contribution in [0.15, 0.2) is 43.1 Å². The molecule has 9 nitrogen and oxygen atoms in total. The van der Waals surface area contributed by atoms with E-state index in [1.165, 1.54) is 10.9 Å². The molecule has 0 bridgehead atoms. The number of H-pyrrole nitrogens is 1. The van der Waals surface area contributed by atoms with Gasteiger partial charge in [0.2, 0.25) is 0 Å². The first-order chi connectivity index (χ1) is 20.1. The van der Waals surface area contributed by atoms with Crippen molar-refractivity contribution in [3.8, 4) is 22.6 Å². The number of nitrogens with zero attached hydrogens (tertiary/aromatic N) is 5. The Bertz CT molecular complexity index is 1670. The number of hydrogen-bond acceptors (Lipinski definition) is 6. The number of alkyl halides is 3. The van der Waals surface area contributed by atoms with E-state index in [1.54, 1.807) is 24.7 Å². The molecule has 3 aliphatic heterocycles. The Balaban J connectivity index is 1.24. The van der Waals surface area contributed by atoms with E-state index < -0.39 is 19.2 Å². The minimum atomic E-state index is -4.36. The van der Waals surface area contributed by atoms with Gasteiger partial charge in [0.25, 0.3) is 0 Å². The lowest BCUT2D eigenvalue weighted by atomic mass is 9.82. The van der Waals surface area contributed by atoms with E-state index in [4.69, 9.17) is 21.1 Å². The number of amides is 1. The van der Waals surface area contributed by atoms with Crippen molar-refractivity contribution in [2.45, 2.75) is 50.5 Å². The molecule has 0 aliphatic carbocycles. The number of aryl methyl sites for hydroxylation is 1.